The number of benzene rings is 1. The Morgan fingerprint density at radius 2 is 1.93 bits per heavy atom. The van der Waals surface area contributed by atoms with Gasteiger partial charge in [0.1, 0.15) is 0 Å². The van der Waals surface area contributed by atoms with E-state index in [0.29, 0.717) is 5.82 Å². The van der Waals surface area contributed by atoms with Gasteiger partial charge in [-0.2, -0.15) is 5.10 Å². The summed E-state index contributed by atoms with van der Waals surface area (Å²) >= 11 is 0. The van der Waals surface area contributed by atoms with Crippen LogP contribution in [0.3, 0.4) is 0 Å². The highest BCUT2D eigenvalue weighted by atomic mass is 16.5. The predicted molar refractivity (Wildman–Crippen MR) is 54.3 cm³/mol. The molecule has 2 aromatic rings. The molecule has 72 valence electrons. The molecule has 4 nitrogen and oxygen atoms in total. The minimum atomic E-state index is 0.401. The Bertz CT molecular complexity index is 414. The largest absolute Gasteiger partial charge is 0.290 e. The van der Waals surface area contributed by atoms with Gasteiger partial charge in [-0.05, 0) is 6.42 Å². The summed E-state index contributed by atoms with van der Waals surface area (Å²) in [6.45, 7) is 2.03. The van der Waals surface area contributed by atoms with E-state index in [-0.39, 0.29) is 0 Å². The molecule has 4 heteroatoms. The van der Waals surface area contributed by atoms with Crippen LogP contribution in [0.2, 0.25) is 0 Å². The number of aromatic nitrogens is 2. The summed E-state index contributed by atoms with van der Waals surface area (Å²) in [6.07, 6.45) is 0.833. The van der Waals surface area contributed by atoms with E-state index in [1.165, 1.54) is 0 Å². The van der Waals surface area contributed by atoms with Crippen LogP contribution in [-0.2, 0) is 6.42 Å². The van der Waals surface area contributed by atoms with Crippen LogP contribution in [-0.4, -0.2) is 15.4 Å². The van der Waals surface area contributed by atoms with Gasteiger partial charge in [-0.15, -0.1) is 5.10 Å². The zero-order valence-corrected chi connectivity index (χ0v) is 7.86. The monoisotopic (exact) mass is 189 g/mol. The summed E-state index contributed by atoms with van der Waals surface area (Å²) in [5.74, 6) is 0.401. The van der Waals surface area contributed by atoms with Crippen molar-refractivity contribution >= 4 is 16.6 Å². The predicted octanol–water partition coefficient (Wildman–Crippen LogP) is 1.99. The Hall–Kier alpha value is -1.68. The van der Waals surface area contributed by atoms with Crippen molar-refractivity contribution in [2.75, 3.05) is 5.48 Å². The van der Waals surface area contributed by atoms with Gasteiger partial charge in [0.2, 0.25) is 0 Å². The molecule has 1 aromatic heterocycles. The lowest BCUT2D eigenvalue weighted by Crippen LogP contribution is -2.00. The lowest BCUT2D eigenvalue weighted by atomic mass is 10.1. The fraction of sp³-hybridized carbons (Fsp3) is 0.200. The Balaban J connectivity index is 2.78. The summed E-state index contributed by atoms with van der Waals surface area (Å²) in [7, 11) is 0. The van der Waals surface area contributed by atoms with Gasteiger partial charge >= 0.3 is 0 Å². The topological polar surface area (TPSA) is 58.0 Å². The van der Waals surface area contributed by atoms with E-state index in [9.17, 15) is 0 Å². The molecule has 0 amide bonds. The summed E-state index contributed by atoms with van der Waals surface area (Å²) in [5.41, 5.74) is 2.99. The molecule has 1 heterocycles. The first-order valence-corrected chi connectivity index (χ1v) is 4.51. The van der Waals surface area contributed by atoms with E-state index in [1.54, 1.807) is 0 Å². The second kappa shape index (κ2) is 3.59. The van der Waals surface area contributed by atoms with Gasteiger partial charge in [-0.3, -0.25) is 10.7 Å². The van der Waals surface area contributed by atoms with Crippen LogP contribution in [0.4, 0.5) is 5.82 Å². The number of rotatable bonds is 2. The number of aryl methyl sites for hydroxylation is 1. The normalized spacial score (nSPS) is 10.4. The highest BCUT2D eigenvalue weighted by Crippen LogP contribution is 2.22. The summed E-state index contributed by atoms with van der Waals surface area (Å²) in [5, 5.41) is 18.7. The fourth-order valence-electron chi connectivity index (χ4n) is 1.50. The van der Waals surface area contributed by atoms with Gasteiger partial charge < -0.3 is 0 Å². The number of anilines is 1. The van der Waals surface area contributed by atoms with E-state index in [2.05, 4.69) is 10.2 Å². The quantitative estimate of drug-likeness (QED) is 0.709. The zero-order chi connectivity index (χ0) is 9.97. The molecule has 0 saturated heterocycles. The Morgan fingerprint density at radius 3 is 2.57 bits per heavy atom. The molecule has 1 aromatic carbocycles. The maximum atomic E-state index is 8.85. The van der Waals surface area contributed by atoms with E-state index in [4.69, 9.17) is 5.21 Å². The summed E-state index contributed by atoms with van der Waals surface area (Å²) in [6, 6.07) is 7.74. The number of hydrogen-bond acceptors (Lipinski definition) is 4. The second-order valence-electron chi connectivity index (χ2n) is 3.01. The molecule has 0 spiro atoms. The second-order valence-corrected chi connectivity index (χ2v) is 3.01. The van der Waals surface area contributed by atoms with Crippen LogP contribution in [0.1, 0.15) is 12.6 Å². The molecule has 2 N–H and O–H groups in total. The number of fused-ring (bicyclic) bond motifs is 1. The Kier molecular flexibility index (Phi) is 2.28. The Morgan fingerprint density at radius 1 is 1.21 bits per heavy atom. The van der Waals surface area contributed by atoms with Crippen LogP contribution >= 0.6 is 0 Å². The number of nitrogens with zero attached hydrogens (tertiary/aromatic N) is 2. The van der Waals surface area contributed by atoms with E-state index in [1.807, 2.05) is 36.7 Å². The first-order valence-electron chi connectivity index (χ1n) is 4.51. The third-order valence-electron chi connectivity index (χ3n) is 2.20. The lowest BCUT2D eigenvalue weighted by Gasteiger charge is -2.05. The first kappa shape index (κ1) is 8.90. The summed E-state index contributed by atoms with van der Waals surface area (Å²) < 4.78 is 0. The molecule has 0 unspecified atom stereocenters. The number of nitrogens with one attached hydrogen (secondary N) is 1. The van der Waals surface area contributed by atoms with Crippen molar-refractivity contribution in [2.45, 2.75) is 13.3 Å². The highest BCUT2D eigenvalue weighted by molar-refractivity contribution is 5.92. The molecule has 0 aliphatic heterocycles. The van der Waals surface area contributed by atoms with Crippen molar-refractivity contribution in [1.82, 2.24) is 10.2 Å². The lowest BCUT2D eigenvalue weighted by molar-refractivity contribution is 0.386. The maximum absolute atomic E-state index is 8.85. The molecule has 0 aliphatic carbocycles. The van der Waals surface area contributed by atoms with Crippen LogP contribution in [0.25, 0.3) is 10.8 Å². The molecule has 0 atom stereocenters. The van der Waals surface area contributed by atoms with E-state index < -0.39 is 0 Å². The minimum absolute atomic E-state index is 0.401. The maximum Gasteiger partial charge on any atom is 0.180 e. The first-order chi connectivity index (χ1) is 6.86. The van der Waals surface area contributed by atoms with Crippen molar-refractivity contribution in [3.63, 3.8) is 0 Å². The minimum Gasteiger partial charge on any atom is -0.290 e. The third-order valence-corrected chi connectivity index (χ3v) is 2.20. The van der Waals surface area contributed by atoms with Gasteiger partial charge in [0, 0.05) is 10.8 Å². The van der Waals surface area contributed by atoms with E-state index in [0.717, 1.165) is 22.9 Å². The van der Waals surface area contributed by atoms with E-state index >= 15 is 0 Å². The van der Waals surface area contributed by atoms with Crippen molar-refractivity contribution in [3.8, 4) is 0 Å². The Labute approximate surface area is 81.5 Å². The van der Waals surface area contributed by atoms with Crippen LogP contribution < -0.4 is 5.48 Å². The van der Waals surface area contributed by atoms with Crippen LogP contribution in [0.5, 0.6) is 0 Å². The molecule has 0 saturated carbocycles. The smallest absolute Gasteiger partial charge is 0.180 e. The molecular formula is C10H11N3O. The standard InChI is InChI=1S/C10H11N3O/c1-2-9-7-5-3-4-6-8(7)10(13-14)12-11-9/h3-6,14H,2H2,1H3,(H,12,13). The highest BCUT2D eigenvalue weighted by Gasteiger charge is 2.05. The van der Waals surface area contributed by atoms with Gasteiger partial charge in [0.25, 0.3) is 0 Å². The van der Waals surface area contributed by atoms with Crippen molar-refractivity contribution in [2.24, 2.45) is 0 Å². The fourth-order valence-corrected chi connectivity index (χ4v) is 1.50. The van der Waals surface area contributed by atoms with Crippen molar-refractivity contribution in [3.05, 3.63) is 30.0 Å². The molecule has 0 fully saturated rings. The average molecular weight is 189 g/mol. The van der Waals surface area contributed by atoms with Crippen molar-refractivity contribution < 1.29 is 5.21 Å². The molecule has 0 bridgehead atoms. The molecule has 2 rings (SSSR count). The van der Waals surface area contributed by atoms with Gasteiger partial charge in [0.15, 0.2) is 5.82 Å². The average Bonchev–Trinajstić information content (AvgIpc) is 2.27. The number of hydrogen-bond donors (Lipinski definition) is 2. The van der Waals surface area contributed by atoms with Crippen LogP contribution in [0.15, 0.2) is 24.3 Å². The zero-order valence-electron chi connectivity index (χ0n) is 7.86. The van der Waals surface area contributed by atoms with Gasteiger partial charge in [-0.1, -0.05) is 31.2 Å². The summed E-state index contributed by atoms with van der Waals surface area (Å²) in [4.78, 5) is 0. The molecule has 0 aliphatic rings. The third kappa shape index (κ3) is 1.29. The van der Waals surface area contributed by atoms with Crippen molar-refractivity contribution in [1.29, 1.82) is 0 Å². The molecule has 14 heavy (non-hydrogen) atoms. The van der Waals surface area contributed by atoms with Gasteiger partial charge in [0.05, 0.1) is 5.69 Å². The SMILES string of the molecule is CCc1nnc(NO)c2ccccc12. The molecular weight excluding hydrogens is 178 g/mol. The van der Waals surface area contributed by atoms with Crippen LogP contribution in [0, 0.1) is 0 Å². The molecule has 0 radical (unpaired) electrons. The van der Waals surface area contributed by atoms with Gasteiger partial charge in [-0.25, -0.2) is 0 Å².